The van der Waals surface area contributed by atoms with Crippen LogP contribution in [0.4, 0.5) is 5.69 Å². The van der Waals surface area contributed by atoms with E-state index in [9.17, 15) is 44.0 Å². The minimum absolute atomic E-state index is 0. The average molecular weight is 767 g/mol. The molecule has 0 amide bonds. The summed E-state index contributed by atoms with van der Waals surface area (Å²) >= 11 is 0. The van der Waals surface area contributed by atoms with Crippen LogP contribution in [0, 0.1) is 0 Å². The Morgan fingerprint density at radius 3 is 1.78 bits per heavy atom. The Morgan fingerprint density at radius 2 is 1.25 bits per heavy atom. The molecule has 4 aromatic rings. The zero-order valence-electron chi connectivity index (χ0n) is 27.7. The standard InChI is InChI=1S/C34H30N2O10S3.2Na/c1-36(22-24-5-3-2-4-6-24)28-15-11-26(12-16-28)34(30-19-31(37)33(49(44,45)46)20-32(30)48(41,42)43)25-9-13-27(14-10-25)35-21-23-7-17-29(18-8-23)47(38,39)40;;/h2-20H,21-22H2,1H3,(H4,37,38,39,40,41,42,43,44,45,46);;/q;2*+1/p-2. The molecule has 1 aliphatic carbocycles. The van der Waals surface area contributed by atoms with Gasteiger partial charge in [0.2, 0.25) is 0 Å². The minimum atomic E-state index is -5.37. The van der Waals surface area contributed by atoms with Crippen LogP contribution in [0.3, 0.4) is 0 Å². The van der Waals surface area contributed by atoms with Crippen LogP contribution in [-0.2, 0) is 43.4 Å². The van der Waals surface area contributed by atoms with Crippen LogP contribution in [0.15, 0.2) is 136 Å². The maximum Gasteiger partial charge on any atom is 1.00 e. The van der Waals surface area contributed by atoms with Crippen LogP contribution < -0.4 is 64.4 Å². The largest absolute Gasteiger partial charge is 1.00 e. The van der Waals surface area contributed by atoms with Gasteiger partial charge in [0.1, 0.15) is 43.2 Å². The number of rotatable bonds is 10. The van der Waals surface area contributed by atoms with E-state index >= 15 is 0 Å². The third-order valence-electron chi connectivity index (χ3n) is 7.61. The molecule has 0 unspecified atom stereocenters. The third-order valence-corrected chi connectivity index (χ3v) is 10.2. The molecule has 2 N–H and O–H groups in total. The molecule has 0 aromatic heterocycles. The van der Waals surface area contributed by atoms with Crippen molar-refractivity contribution in [3.8, 4) is 5.75 Å². The number of hydrogen-bond donors (Lipinski definition) is 2. The first kappa shape index (κ1) is 42.5. The van der Waals surface area contributed by atoms with Crippen LogP contribution in [0.2, 0.25) is 0 Å². The summed E-state index contributed by atoms with van der Waals surface area (Å²) in [6, 6.07) is 22.8. The zero-order chi connectivity index (χ0) is 35.6. The SMILES string of the molecule is C[N+](Cc1ccccc1)=C1C=CC(=C(c2ccc(NCc3ccc(S(=O)(=O)[O-])cc3)cc2)c2cc(O)c(S(=O)(=O)[O-])cc2S(=O)(=O)[O-])C=C1.[Na+].[Na+]. The Morgan fingerprint density at radius 1 is 0.686 bits per heavy atom. The van der Waals surface area contributed by atoms with Gasteiger partial charge in [-0.25, -0.2) is 29.8 Å². The predicted molar refractivity (Wildman–Crippen MR) is 178 cm³/mol. The quantitative estimate of drug-likeness (QED) is 0.102. The first-order valence-corrected chi connectivity index (χ1v) is 18.6. The molecule has 0 fully saturated rings. The molecule has 51 heavy (non-hydrogen) atoms. The van der Waals surface area contributed by atoms with E-state index in [4.69, 9.17) is 0 Å². The molecular formula is C34H28N2Na2O10S3. The first-order valence-electron chi connectivity index (χ1n) is 14.4. The molecule has 0 saturated carbocycles. The number of anilines is 1. The Bertz CT molecular complexity index is 2360. The van der Waals surface area contributed by atoms with Gasteiger partial charge < -0.3 is 24.1 Å². The van der Waals surface area contributed by atoms with Crippen molar-refractivity contribution in [2.24, 2.45) is 0 Å². The number of benzene rings is 4. The summed E-state index contributed by atoms with van der Waals surface area (Å²) in [5.41, 5.74) is 3.76. The van der Waals surface area contributed by atoms with E-state index in [2.05, 4.69) is 5.32 Å². The molecule has 0 saturated heterocycles. The fourth-order valence-electron chi connectivity index (χ4n) is 5.19. The van der Waals surface area contributed by atoms with E-state index in [-0.39, 0.29) is 81.7 Å². The van der Waals surface area contributed by atoms with Crippen molar-refractivity contribution in [3.63, 3.8) is 0 Å². The van der Waals surface area contributed by atoms with E-state index < -0.39 is 45.9 Å². The molecule has 0 spiro atoms. The van der Waals surface area contributed by atoms with Crippen LogP contribution >= 0.6 is 0 Å². The van der Waals surface area contributed by atoms with Crippen LogP contribution in [0.25, 0.3) is 5.57 Å². The molecule has 0 heterocycles. The van der Waals surface area contributed by atoms with Crippen LogP contribution in [0.1, 0.15) is 22.3 Å². The van der Waals surface area contributed by atoms with Crippen molar-refractivity contribution < 1.29 is 108 Å². The van der Waals surface area contributed by atoms with E-state index in [1.54, 1.807) is 48.6 Å². The second-order valence-corrected chi connectivity index (χ2v) is 15.1. The van der Waals surface area contributed by atoms with Gasteiger partial charge in [-0.2, -0.15) is 0 Å². The van der Waals surface area contributed by atoms with E-state index in [1.165, 1.54) is 24.3 Å². The van der Waals surface area contributed by atoms with Crippen LogP contribution in [0.5, 0.6) is 5.75 Å². The fraction of sp³-hybridized carbons (Fsp3) is 0.0882. The third kappa shape index (κ3) is 10.8. The van der Waals surface area contributed by atoms with Crippen molar-refractivity contribution in [2.45, 2.75) is 27.8 Å². The maximum absolute atomic E-state index is 12.5. The first-order chi connectivity index (χ1) is 23.0. The van der Waals surface area contributed by atoms with Crippen molar-refractivity contribution in [1.29, 1.82) is 0 Å². The monoisotopic (exact) mass is 766 g/mol. The topological polar surface area (TPSA) is 207 Å². The second-order valence-electron chi connectivity index (χ2n) is 11.0. The van der Waals surface area contributed by atoms with E-state index in [0.717, 1.165) is 17.3 Å². The van der Waals surface area contributed by atoms with Gasteiger partial charge in [0.05, 0.1) is 14.7 Å². The van der Waals surface area contributed by atoms with Crippen LogP contribution in [-0.4, -0.2) is 61.4 Å². The van der Waals surface area contributed by atoms with Gasteiger partial charge in [-0.1, -0.05) is 54.6 Å². The Balaban J connectivity index is 0.00000351. The number of phenols is 1. The number of phenolic OH excluding ortho intramolecular Hbond substituents is 1. The second kappa shape index (κ2) is 17.3. The molecule has 4 aromatic carbocycles. The fourth-order valence-corrected chi connectivity index (χ4v) is 7.01. The molecule has 12 nitrogen and oxygen atoms in total. The van der Waals surface area contributed by atoms with Crippen molar-refractivity contribution >= 4 is 47.3 Å². The summed E-state index contributed by atoms with van der Waals surface area (Å²) in [4.78, 5) is -2.61. The predicted octanol–water partition coefficient (Wildman–Crippen LogP) is -2.06. The zero-order valence-corrected chi connectivity index (χ0v) is 34.1. The molecule has 0 bridgehead atoms. The van der Waals surface area contributed by atoms with Crippen molar-refractivity contribution in [1.82, 2.24) is 0 Å². The summed E-state index contributed by atoms with van der Waals surface area (Å²) in [5.74, 6) is -1.02. The molecule has 0 atom stereocenters. The Labute approximate surface area is 340 Å². The number of nitrogens with one attached hydrogen (secondary N) is 1. The summed E-state index contributed by atoms with van der Waals surface area (Å²) < 4.78 is 108. The van der Waals surface area contributed by atoms with Gasteiger partial charge in [0.15, 0.2) is 12.3 Å². The van der Waals surface area contributed by atoms with E-state index in [1.807, 2.05) is 42.0 Å². The summed E-state index contributed by atoms with van der Waals surface area (Å²) in [6.07, 6.45) is 6.92. The summed E-state index contributed by atoms with van der Waals surface area (Å²) in [7, 11) is -13.4. The van der Waals surface area contributed by atoms with Gasteiger partial charge in [0.25, 0.3) is 0 Å². The molecule has 0 radical (unpaired) electrons. The normalized spacial score (nSPS) is 12.9. The van der Waals surface area contributed by atoms with Gasteiger partial charge in [-0.15, -0.1) is 0 Å². The Hall–Kier alpha value is -2.90. The summed E-state index contributed by atoms with van der Waals surface area (Å²) in [6.45, 7) is 0.843. The molecular weight excluding hydrogens is 739 g/mol. The van der Waals surface area contributed by atoms with Crippen molar-refractivity contribution in [3.05, 3.63) is 143 Å². The molecule has 1 aliphatic rings. The van der Waals surface area contributed by atoms with Gasteiger partial charge >= 0.3 is 59.1 Å². The minimum Gasteiger partial charge on any atom is -0.744 e. The number of aromatic hydroxyl groups is 1. The maximum atomic E-state index is 12.5. The number of hydrogen-bond acceptors (Lipinski definition) is 11. The van der Waals surface area contributed by atoms with Gasteiger partial charge in [-0.05, 0) is 70.8 Å². The molecule has 5 rings (SSSR count). The molecule has 0 aliphatic heterocycles. The van der Waals surface area contributed by atoms with Gasteiger partial charge in [-0.3, -0.25) is 0 Å². The smallest absolute Gasteiger partial charge is 0.744 e. The number of nitrogens with zero attached hydrogens (tertiary/aromatic N) is 1. The Kier molecular flexibility index (Phi) is 14.4. The van der Waals surface area contributed by atoms with Crippen molar-refractivity contribution in [2.75, 3.05) is 12.4 Å². The van der Waals surface area contributed by atoms with Gasteiger partial charge in [0, 0.05) is 35.5 Å². The average Bonchev–Trinajstić information content (AvgIpc) is 3.04. The molecule has 17 heteroatoms. The van der Waals surface area contributed by atoms with E-state index in [0.29, 0.717) is 35.0 Å². The molecule has 254 valence electrons. The summed E-state index contributed by atoms with van der Waals surface area (Å²) in [5, 5.41) is 13.7. The number of allylic oxidation sites excluding steroid dienone is 5.